The van der Waals surface area contributed by atoms with Crippen LogP contribution in [0.3, 0.4) is 0 Å². The lowest BCUT2D eigenvalue weighted by atomic mass is 10.2. The summed E-state index contributed by atoms with van der Waals surface area (Å²) in [6.07, 6.45) is 0.935. The smallest absolute Gasteiger partial charge is 0.407 e. The van der Waals surface area contributed by atoms with Crippen molar-refractivity contribution in [1.82, 2.24) is 14.3 Å². The number of aromatic nitrogens is 2. The number of nitrogens with zero attached hydrogens (tertiary/aromatic N) is 4. The third-order valence-electron chi connectivity index (χ3n) is 5.72. The molecular formula is C22H24ClN5O6S2. The van der Waals surface area contributed by atoms with Gasteiger partial charge in [-0.3, -0.25) is 0 Å². The van der Waals surface area contributed by atoms with Crippen LogP contribution in [0.4, 0.5) is 15.6 Å². The average molecular weight is 554 g/mol. The van der Waals surface area contributed by atoms with Gasteiger partial charge < -0.3 is 24.8 Å². The SMILES string of the molecule is COc1ccc(CN(c2ncns2)S(=O)(=O)c2ccc(N[C@H]3CCN(C(=O)O)C3)c(Cl)c2)c(OC)c1. The maximum atomic E-state index is 13.7. The molecule has 14 heteroatoms. The molecule has 0 spiro atoms. The van der Waals surface area contributed by atoms with Crippen molar-refractivity contribution in [1.29, 1.82) is 0 Å². The summed E-state index contributed by atoms with van der Waals surface area (Å²) in [6, 6.07) is 9.38. The molecule has 0 aliphatic carbocycles. The Hall–Kier alpha value is -3.29. The molecule has 1 aliphatic heterocycles. The first-order valence-corrected chi connectivity index (χ1v) is 13.4. The monoisotopic (exact) mass is 553 g/mol. The molecule has 192 valence electrons. The van der Waals surface area contributed by atoms with Crippen molar-refractivity contribution in [2.24, 2.45) is 0 Å². The van der Waals surface area contributed by atoms with Crippen molar-refractivity contribution in [2.45, 2.75) is 23.9 Å². The number of amides is 1. The van der Waals surface area contributed by atoms with Gasteiger partial charge in [0.05, 0.1) is 36.4 Å². The molecule has 1 atom stereocenters. The van der Waals surface area contributed by atoms with Crippen molar-refractivity contribution in [3.05, 3.63) is 53.3 Å². The number of hydrogen-bond donors (Lipinski definition) is 2. The van der Waals surface area contributed by atoms with E-state index in [-0.39, 0.29) is 27.6 Å². The first-order valence-electron chi connectivity index (χ1n) is 10.8. The van der Waals surface area contributed by atoms with Gasteiger partial charge in [0.25, 0.3) is 10.0 Å². The van der Waals surface area contributed by atoms with E-state index < -0.39 is 16.1 Å². The van der Waals surface area contributed by atoms with E-state index in [1.165, 1.54) is 37.6 Å². The standard InChI is InChI=1S/C22H24ClN5O6S2/c1-33-16-4-3-14(20(9-16)34-2)11-28(21-24-13-25-35-21)36(31,32)17-5-6-19(18(23)10-17)26-15-7-8-27(12-15)22(29)30/h3-6,9-10,13,15,26H,7-8,11-12H2,1-2H3,(H,29,30)/t15-/m0/s1. The Bertz CT molecular complexity index is 1340. The molecule has 1 fully saturated rings. The van der Waals surface area contributed by atoms with E-state index >= 15 is 0 Å². The number of likely N-dealkylation sites (tertiary alicyclic amines) is 1. The summed E-state index contributed by atoms with van der Waals surface area (Å²) in [5, 5.41) is 12.7. The van der Waals surface area contributed by atoms with E-state index in [9.17, 15) is 13.2 Å². The normalized spacial score (nSPS) is 15.5. The van der Waals surface area contributed by atoms with Crippen LogP contribution in [0.5, 0.6) is 11.5 Å². The summed E-state index contributed by atoms with van der Waals surface area (Å²) in [4.78, 5) is 16.6. The molecule has 1 amide bonds. The molecule has 0 bridgehead atoms. The number of halogens is 1. The van der Waals surface area contributed by atoms with Crippen LogP contribution in [0.1, 0.15) is 12.0 Å². The maximum Gasteiger partial charge on any atom is 0.407 e. The lowest BCUT2D eigenvalue weighted by molar-refractivity contribution is 0.155. The topological polar surface area (TPSA) is 134 Å². The number of carboxylic acid groups (broad SMARTS) is 1. The summed E-state index contributed by atoms with van der Waals surface area (Å²) in [5.74, 6) is 1.04. The third kappa shape index (κ3) is 5.42. The quantitative estimate of drug-likeness (QED) is 0.406. The number of carbonyl (C=O) groups is 1. The maximum absolute atomic E-state index is 13.7. The fourth-order valence-electron chi connectivity index (χ4n) is 3.84. The van der Waals surface area contributed by atoms with Gasteiger partial charge in [-0.15, -0.1) is 0 Å². The van der Waals surface area contributed by atoms with Crippen LogP contribution in [-0.4, -0.2) is 67.2 Å². The Morgan fingerprint density at radius 1 is 1.28 bits per heavy atom. The van der Waals surface area contributed by atoms with E-state index in [4.69, 9.17) is 26.2 Å². The van der Waals surface area contributed by atoms with E-state index in [1.54, 1.807) is 24.3 Å². The van der Waals surface area contributed by atoms with Crippen molar-refractivity contribution in [3.63, 3.8) is 0 Å². The Kier molecular flexibility index (Phi) is 7.71. The second-order valence-corrected chi connectivity index (χ2v) is 10.9. The van der Waals surface area contributed by atoms with Gasteiger partial charge in [-0.05, 0) is 36.8 Å². The van der Waals surface area contributed by atoms with Gasteiger partial charge in [-0.2, -0.15) is 4.37 Å². The van der Waals surface area contributed by atoms with Gasteiger partial charge in [0.1, 0.15) is 17.8 Å². The summed E-state index contributed by atoms with van der Waals surface area (Å²) >= 11 is 7.40. The minimum Gasteiger partial charge on any atom is -0.497 e. The molecule has 0 radical (unpaired) electrons. The number of anilines is 2. The number of methoxy groups -OCH3 is 2. The molecular weight excluding hydrogens is 530 g/mol. The van der Waals surface area contributed by atoms with Crippen LogP contribution in [-0.2, 0) is 16.6 Å². The Labute approximate surface area is 217 Å². The predicted octanol–water partition coefficient (Wildman–Crippen LogP) is 3.77. The van der Waals surface area contributed by atoms with Gasteiger partial charge in [0, 0.05) is 42.3 Å². The molecule has 36 heavy (non-hydrogen) atoms. The number of rotatable bonds is 9. The van der Waals surface area contributed by atoms with E-state index in [0.717, 1.165) is 15.8 Å². The fraction of sp³-hybridized carbons (Fsp3) is 0.318. The van der Waals surface area contributed by atoms with Crippen LogP contribution in [0, 0.1) is 0 Å². The molecule has 2 N–H and O–H groups in total. The van der Waals surface area contributed by atoms with E-state index in [2.05, 4.69) is 14.7 Å². The minimum atomic E-state index is -4.09. The minimum absolute atomic E-state index is 0.0284. The zero-order valence-electron chi connectivity index (χ0n) is 19.4. The second-order valence-electron chi connectivity index (χ2n) is 7.91. The summed E-state index contributed by atoms with van der Waals surface area (Å²) < 4.78 is 43.2. The summed E-state index contributed by atoms with van der Waals surface area (Å²) in [5.41, 5.74) is 1.12. The first kappa shape index (κ1) is 25.8. The van der Waals surface area contributed by atoms with Crippen molar-refractivity contribution in [2.75, 3.05) is 36.9 Å². The van der Waals surface area contributed by atoms with Crippen LogP contribution in [0.2, 0.25) is 5.02 Å². The highest BCUT2D eigenvalue weighted by molar-refractivity contribution is 7.93. The van der Waals surface area contributed by atoms with Crippen molar-refractivity contribution < 1.29 is 27.8 Å². The Balaban J connectivity index is 1.61. The lowest BCUT2D eigenvalue weighted by Gasteiger charge is -2.23. The molecule has 0 saturated carbocycles. The van der Waals surface area contributed by atoms with Crippen LogP contribution in [0.15, 0.2) is 47.6 Å². The molecule has 1 saturated heterocycles. The number of ether oxygens (including phenoxy) is 2. The number of sulfonamides is 1. The molecule has 2 aromatic carbocycles. The van der Waals surface area contributed by atoms with Gasteiger partial charge in [0.15, 0.2) is 0 Å². The molecule has 4 rings (SSSR count). The zero-order valence-corrected chi connectivity index (χ0v) is 21.8. The third-order valence-corrected chi connectivity index (χ3v) is 8.57. The van der Waals surface area contributed by atoms with Crippen molar-refractivity contribution in [3.8, 4) is 11.5 Å². The summed E-state index contributed by atoms with van der Waals surface area (Å²) in [6.45, 7) is 0.679. The van der Waals surface area contributed by atoms with Gasteiger partial charge in [-0.1, -0.05) is 11.6 Å². The van der Waals surface area contributed by atoms with E-state index in [1.807, 2.05) is 0 Å². The number of hydrogen-bond acceptors (Lipinski definition) is 9. The van der Waals surface area contributed by atoms with E-state index in [0.29, 0.717) is 42.3 Å². The summed E-state index contributed by atoms with van der Waals surface area (Å²) in [7, 11) is -1.07. The average Bonchev–Trinajstić information content (AvgIpc) is 3.56. The van der Waals surface area contributed by atoms with Gasteiger partial charge in [-0.25, -0.2) is 22.5 Å². The predicted molar refractivity (Wildman–Crippen MR) is 136 cm³/mol. The zero-order chi connectivity index (χ0) is 25.9. The second kappa shape index (κ2) is 10.8. The number of benzene rings is 2. The molecule has 1 aromatic heterocycles. The largest absolute Gasteiger partial charge is 0.497 e. The van der Waals surface area contributed by atoms with Crippen LogP contribution in [0.25, 0.3) is 0 Å². The molecule has 3 aromatic rings. The lowest BCUT2D eigenvalue weighted by Crippen LogP contribution is -2.31. The van der Waals surface area contributed by atoms with Crippen molar-refractivity contribution >= 4 is 50.1 Å². The fourth-order valence-corrected chi connectivity index (χ4v) is 6.30. The van der Waals surface area contributed by atoms with Gasteiger partial charge in [0.2, 0.25) is 5.13 Å². The van der Waals surface area contributed by atoms with Gasteiger partial charge >= 0.3 is 6.09 Å². The van der Waals surface area contributed by atoms with Crippen LogP contribution >= 0.6 is 23.1 Å². The first-order chi connectivity index (χ1) is 17.2. The molecule has 0 unspecified atom stereocenters. The molecule has 11 nitrogen and oxygen atoms in total. The molecule has 2 heterocycles. The highest BCUT2D eigenvalue weighted by Crippen LogP contribution is 2.34. The highest BCUT2D eigenvalue weighted by atomic mass is 35.5. The Morgan fingerprint density at radius 2 is 2.08 bits per heavy atom. The number of nitrogens with one attached hydrogen (secondary N) is 1. The highest BCUT2D eigenvalue weighted by Gasteiger charge is 2.30. The molecule has 1 aliphatic rings. The Morgan fingerprint density at radius 3 is 2.69 bits per heavy atom. The van der Waals surface area contributed by atoms with Crippen LogP contribution < -0.4 is 19.1 Å².